The van der Waals surface area contributed by atoms with Crippen LogP contribution in [0.4, 0.5) is 10.1 Å². The van der Waals surface area contributed by atoms with Gasteiger partial charge in [0.05, 0.1) is 11.6 Å². The first-order valence-corrected chi connectivity index (χ1v) is 9.23. The summed E-state index contributed by atoms with van der Waals surface area (Å²) in [4.78, 5) is 12.4. The molecule has 0 spiro atoms. The van der Waals surface area contributed by atoms with Crippen molar-refractivity contribution in [3.63, 3.8) is 0 Å². The van der Waals surface area contributed by atoms with Crippen LogP contribution < -0.4 is 10.6 Å². The summed E-state index contributed by atoms with van der Waals surface area (Å²) in [5.74, 6) is -0.405. The Hall–Kier alpha value is -1.62. The van der Waals surface area contributed by atoms with Gasteiger partial charge in [-0.05, 0) is 48.6 Å². The van der Waals surface area contributed by atoms with Crippen molar-refractivity contribution in [2.75, 3.05) is 11.9 Å². The number of rotatable bonds is 6. The minimum atomic E-state index is -0.536. The molecule has 0 saturated carbocycles. The van der Waals surface area contributed by atoms with Crippen molar-refractivity contribution in [3.8, 4) is 0 Å². The van der Waals surface area contributed by atoms with E-state index >= 15 is 0 Å². The third-order valence-electron chi connectivity index (χ3n) is 4.27. The number of carbonyl (C=O) groups is 1. The summed E-state index contributed by atoms with van der Waals surface area (Å²) in [7, 11) is 0. The Balaban J connectivity index is 2.05. The molecule has 0 bridgehead atoms. The van der Waals surface area contributed by atoms with Crippen molar-refractivity contribution in [2.24, 2.45) is 0 Å². The number of para-hydroxylation sites is 1. The first-order valence-electron chi connectivity index (χ1n) is 8.47. The molecule has 2 rings (SSSR count). The fraction of sp³-hybridized carbons (Fsp3) is 0.350. The summed E-state index contributed by atoms with van der Waals surface area (Å²) < 4.78 is 13.7. The molecule has 2 N–H and O–H groups in total. The van der Waals surface area contributed by atoms with Crippen LogP contribution in [0.25, 0.3) is 0 Å². The number of benzene rings is 2. The van der Waals surface area contributed by atoms with Gasteiger partial charge >= 0.3 is 0 Å². The molecule has 1 atom stereocenters. The van der Waals surface area contributed by atoms with Gasteiger partial charge in [0.25, 0.3) is 0 Å². The molecule has 0 heterocycles. The number of nitrogens with one attached hydrogen (secondary N) is 2. The average Bonchev–Trinajstić information content (AvgIpc) is 2.57. The zero-order valence-corrected chi connectivity index (χ0v) is 16.8. The molecule has 1 amide bonds. The molecule has 2 aromatic rings. The lowest BCUT2D eigenvalue weighted by Crippen LogP contribution is -2.30. The lowest BCUT2D eigenvalue weighted by molar-refractivity contribution is -0.115. The lowest BCUT2D eigenvalue weighted by atomic mass is 9.98. The number of amides is 1. The molecule has 0 radical (unpaired) electrons. The standard InChI is InChI=1S/C20H23Cl2FN2O/c1-11(2)14-7-5-6-12(3)20(14)25-19(26)10-24-13(4)15-8-18(23)17(22)9-16(15)21/h5-9,11,13,24H,10H2,1-4H3,(H,25,26)/t13-/m0/s1. The van der Waals surface area contributed by atoms with Crippen molar-refractivity contribution >= 4 is 34.8 Å². The lowest BCUT2D eigenvalue weighted by Gasteiger charge is -2.19. The van der Waals surface area contributed by atoms with Gasteiger partial charge in [-0.2, -0.15) is 0 Å². The predicted molar refractivity (Wildman–Crippen MR) is 107 cm³/mol. The highest BCUT2D eigenvalue weighted by Gasteiger charge is 2.16. The quantitative estimate of drug-likeness (QED) is 0.600. The average molecular weight is 397 g/mol. The third kappa shape index (κ3) is 4.97. The number of aryl methyl sites for hydroxylation is 1. The van der Waals surface area contributed by atoms with Crippen molar-refractivity contribution in [2.45, 2.75) is 39.7 Å². The zero-order valence-electron chi connectivity index (χ0n) is 15.3. The van der Waals surface area contributed by atoms with Gasteiger partial charge in [-0.3, -0.25) is 4.79 Å². The van der Waals surface area contributed by atoms with Crippen LogP contribution in [0.3, 0.4) is 0 Å². The van der Waals surface area contributed by atoms with E-state index in [1.165, 1.54) is 12.1 Å². The molecule has 0 fully saturated rings. The van der Waals surface area contributed by atoms with Crippen LogP contribution in [0, 0.1) is 12.7 Å². The van der Waals surface area contributed by atoms with Crippen LogP contribution in [0.2, 0.25) is 10.0 Å². The Morgan fingerprint density at radius 1 is 1.12 bits per heavy atom. The van der Waals surface area contributed by atoms with Crippen LogP contribution in [0.1, 0.15) is 49.4 Å². The number of carbonyl (C=O) groups excluding carboxylic acids is 1. The summed E-state index contributed by atoms with van der Waals surface area (Å²) in [5, 5.41) is 6.38. The molecular weight excluding hydrogens is 374 g/mol. The third-order valence-corrected chi connectivity index (χ3v) is 4.88. The van der Waals surface area contributed by atoms with Gasteiger partial charge in [0, 0.05) is 16.8 Å². The predicted octanol–water partition coefficient (Wildman–Crippen LogP) is 5.85. The van der Waals surface area contributed by atoms with Crippen LogP contribution in [0.5, 0.6) is 0 Å². The number of hydrogen-bond donors (Lipinski definition) is 2. The summed E-state index contributed by atoms with van der Waals surface area (Å²) in [6.07, 6.45) is 0. The molecule has 3 nitrogen and oxygen atoms in total. The van der Waals surface area contributed by atoms with Crippen LogP contribution >= 0.6 is 23.2 Å². The molecule has 0 aliphatic carbocycles. The zero-order chi connectivity index (χ0) is 19.4. The molecular formula is C20H23Cl2FN2O. The summed E-state index contributed by atoms with van der Waals surface area (Å²) in [6.45, 7) is 8.03. The molecule has 2 aromatic carbocycles. The maximum Gasteiger partial charge on any atom is 0.238 e. The number of halogens is 3. The fourth-order valence-corrected chi connectivity index (χ4v) is 3.30. The van der Waals surface area contributed by atoms with Gasteiger partial charge in [0.1, 0.15) is 5.82 Å². The van der Waals surface area contributed by atoms with E-state index in [4.69, 9.17) is 23.2 Å². The Morgan fingerprint density at radius 2 is 1.81 bits per heavy atom. The van der Waals surface area contributed by atoms with Crippen LogP contribution in [0.15, 0.2) is 30.3 Å². The van der Waals surface area contributed by atoms with E-state index in [1.807, 2.05) is 32.0 Å². The smallest absolute Gasteiger partial charge is 0.238 e. The van der Waals surface area contributed by atoms with Crippen LogP contribution in [-0.4, -0.2) is 12.5 Å². The number of anilines is 1. The summed E-state index contributed by atoms with van der Waals surface area (Å²) in [5.41, 5.74) is 3.51. The maximum absolute atomic E-state index is 13.7. The highest BCUT2D eigenvalue weighted by atomic mass is 35.5. The normalized spacial score (nSPS) is 12.3. The van der Waals surface area contributed by atoms with Gasteiger partial charge in [-0.1, -0.05) is 55.2 Å². The van der Waals surface area contributed by atoms with Gasteiger partial charge < -0.3 is 10.6 Å². The molecule has 0 aliphatic heterocycles. The molecule has 0 unspecified atom stereocenters. The second-order valence-electron chi connectivity index (χ2n) is 6.63. The highest BCUT2D eigenvalue weighted by molar-refractivity contribution is 6.35. The van der Waals surface area contributed by atoms with E-state index in [0.29, 0.717) is 16.5 Å². The Bertz CT molecular complexity index is 809. The highest BCUT2D eigenvalue weighted by Crippen LogP contribution is 2.29. The van der Waals surface area contributed by atoms with E-state index in [-0.39, 0.29) is 23.5 Å². The molecule has 0 saturated heterocycles. The van der Waals surface area contributed by atoms with E-state index < -0.39 is 5.82 Å². The fourth-order valence-electron chi connectivity index (χ4n) is 2.75. The van der Waals surface area contributed by atoms with E-state index in [2.05, 4.69) is 24.5 Å². The minimum absolute atomic E-state index is 0.0236. The first-order chi connectivity index (χ1) is 12.2. The molecule has 0 aromatic heterocycles. The van der Waals surface area contributed by atoms with Gasteiger partial charge in [0.2, 0.25) is 5.91 Å². The Labute approximate surface area is 163 Å². The second-order valence-corrected chi connectivity index (χ2v) is 7.45. The SMILES string of the molecule is Cc1cccc(C(C)C)c1NC(=O)CN[C@@H](C)c1cc(F)c(Cl)cc1Cl. The van der Waals surface area contributed by atoms with Gasteiger partial charge in [0.15, 0.2) is 0 Å². The molecule has 140 valence electrons. The van der Waals surface area contributed by atoms with E-state index in [9.17, 15) is 9.18 Å². The first kappa shape index (κ1) is 20.7. The van der Waals surface area contributed by atoms with Crippen molar-refractivity contribution in [1.29, 1.82) is 0 Å². The maximum atomic E-state index is 13.7. The van der Waals surface area contributed by atoms with E-state index in [0.717, 1.165) is 16.8 Å². The monoisotopic (exact) mass is 396 g/mol. The Kier molecular flexibility index (Phi) is 7.04. The van der Waals surface area contributed by atoms with Gasteiger partial charge in [-0.25, -0.2) is 4.39 Å². The minimum Gasteiger partial charge on any atom is -0.324 e. The molecule has 26 heavy (non-hydrogen) atoms. The number of hydrogen-bond acceptors (Lipinski definition) is 2. The topological polar surface area (TPSA) is 41.1 Å². The summed E-state index contributed by atoms with van der Waals surface area (Å²) in [6, 6.07) is 8.32. The van der Waals surface area contributed by atoms with E-state index in [1.54, 1.807) is 0 Å². The van der Waals surface area contributed by atoms with Crippen LogP contribution in [-0.2, 0) is 4.79 Å². The second kappa shape index (κ2) is 8.85. The summed E-state index contributed by atoms with van der Waals surface area (Å²) >= 11 is 11.8. The van der Waals surface area contributed by atoms with Gasteiger partial charge in [-0.15, -0.1) is 0 Å². The van der Waals surface area contributed by atoms with Crippen molar-refractivity contribution in [1.82, 2.24) is 5.32 Å². The Morgan fingerprint density at radius 3 is 2.46 bits per heavy atom. The van der Waals surface area contributed by atoms with Crippen molar-refractivity contribution in [3.05, 3.63) is 62.9 Å². The largest absolute Gasteiger partial charge is 0.324 e. The molecule has 0 aliphatic rings. The van der Waals surface area contributed by atoms with Crippen molar-refractivity contribution < 1.29 is 9.18 Å². The molecule has 6 heteroatoms.